The van der Waals surface area contributed by atoms with Gasteiger partial charge in [0.05, 0.1) is 6.04 Å². The highest BCUT2D eigenvalue weighted by molar-refractivity contribution is 5.93. The molecule has 0 saturated carbocycles. The van der Waals surface area contributed by atoms with Crippen LogP contribution in [0, 0.1) is 5.41 Å². The average Bonchev–Trinajstić information content (AvgIpc) is 3.49. The highest BCUT2D eigenvalue weighted by atomic mass is 15.2. The summed E-state index contributed by atoms with van der Waals surface area (Å²) < 4.78 is 0. The Bertz CT molecular complexity index is 3570. The van der Waals surface area contributed by atoms with Crippen LogP contribution in [-0.2, 0) is 0 Å². The summed E-state index contributed by atoms with van der Waals surface area (Å²) in [6.07, 6.45) is 31.4. The second-order valence-corrected chi connectivity index (χ2v) is 20.3. The van der Waals surface area contributed by atoms with Crippen molar-refractivity contribution < 1.29 is 0 Å². The van der Waals surface area contributed by atoms with Gasteiger partial charge in [-0.15, -0.1) is 0 Å². The summed E-state index contributed by atoms with van der Waals surface area (Å²) in [5.74, 6) is 0. The Morgan fingerprint density at radius 1 is 0.597 bits per heavy atom. The number of anilines is 6. The minimum atomic E-state index is -0.0562. The van der Waals surface area contributed by atoms with Gasteiger partial charge < -0.3 is 15.1 Å². The standard InChI is InChI=1S/C74H65N3/c1-4-22-61(58-37-35-56(36-38-58)57-41-46-68(47-42-57)76(64-25-12-6-13-26-64)65-27-14-7-15-28-65)53-55(2)71-54-62(43-48-73(71)75-72-34-21-20-33-70(72)60-23-10-5-11-24-60)59-39-44-63(45-40-59)74(3)51-49-69(50-52-74)77(66-29-16-8-17-30-66)67-31-18-9-19-32-67/h4-31,33-39,41-44,46-51,53-54,67,75H,2,32,40,45,52H2,1,3H3/b22-4-,61-53+. The molecular weight excluding hydrogens is 931 g/mol. The van der Waals surface area contributed by atoms with Crippen molar-refractivity contribution in [3.63, 3.8) is 0 Å². The monoisotopic (exact) mass is 996 g/mol. The van der Waals surface area contributed by atoms with Gasteiger partial charge in [-0.25, -0.2) is 0 Å². The van der Waals surface area contributed by atoms with E-state index < -0.39 is 0 Å². The molecule has 0 bridgehead atoms. The Morgan fingerprint density at radius 3 is 1.82 bits per heavy atom. The fourth-order valence-electron chi connectivity index (χ4n) is 11.0. The summed E-state index contributed by atoms with van der Waals surface area (Å²) in [5, 5.41) is 3.88. The quantitative estimate of drug-likeness (QED) is 0.0973. The van der Waals surface area contributed by atoms with Gasteiger partial charge in [-0.3, -0.25) is 0 Å². The highest BCUT2D eigenvalue weighted by Crippen LogP contribution is 2.45. The largest absolute Gasteiger partial charge is 0.355 e. The van der Waals surface area contributed by atoms with Gasteiger partial charge in [0.1, 0.15) is 0 Å². The Labute approximate surface area is 456 Å². The first-order valence-electron chi connectivity index (χ1n) is 27.1. The molecule has 8 aromatic rings. The van der Waals surface area contributed by atoms with E-state index in [9.17, 15) is 0 Å². The number of hydrogen-bond donors (Lipinski definition) is 1. The summed E-state index contributed by atoms with van der Waals surface area (Å²) in [4.78, 5) is 4.79. The molecule has 11 rings (SSSR count). The molecule has 1 N–H and O–H groups in total. The number of hydrogen-bond acceptors (Lipinski definition) is 3. The summed E-state index contributed by atoms with van der Waals surface area (Å²) in [6.45, 7) is 9.30. The van der Waals surface area contributed by atoms with Gasteiger partial charge in [-0.05, 0) is 156 Å². The maximum Gasteiger partial charge on any atom is 0.0559 e. The summed E-state index contributed by atoms with van der Waals surface area (Å²) in [7, 11) is 0. The van der Waals surface area contributed by atoms with E-state index in [1.165, 1.54) is 33.7 Å². The Balaban J connectivity index is 0.877. The number of benzene rings is 8. The smallest absolute Gasteiger partial charge is 0.0559 e. The molecular formula is C74H65N3. The molecule has 0 fully saturated rings. The molecule has 0 aromatic heterocycles. The molecule has 0 amide bonds. The fourth-order valence-corrected chi connectivity index (χ4v) is 11.0. The van der Waals surface area contributed by atoms with Crippen LogP contribution in [0.3, 0.4) is 0 Å². The minimum absolute atomic E-state index is 0.0562. The van der Waals surface area contributed by atoms with Crippen LogP contribution in [0.4, 0.5) is 34.1 Å². The van der Waals surface area contributed by atoms with Gasteiger partial charge >= 0.3 is 0 Å². The van der Waals surface area contributed by atoms with Crippen molar-refractivity contribution in [2.24, 2.45) is 5.41 Å². The average molecular weight is 996 g/mol. The number of allylic oxidation sites excluding steroid dienone is 14. The predicted octanol–water partition coefficient (Wildman–Crippen LogP) is 20.3. The zero-order valence-corrected chi connectivity index (χ0v) is 44.1. The lowest BCUT2D eigenvalue weighted by Crippen LogP contribution is -2.34. The SMILES string of the molecule is C=C(/C=C(\C=C/C)c1ccc(-c2ccc(N(c3ccccc3)c3ccccc3)cc2)cc1)c1cc(C2=CC=C(C3(C)C=CC(N(c4ccccc4)C4C=CC=CC4)=CC3)CC2)ccc1Nc1ccccc1-c1ccccc1. The van der Waals surface area contributed by atoms with E-state index in [0.29, 0.717) is 0 Å². The normalized spacial score (nSPS) is 17.1. The Hall–Kier alpha value is -9.18. The number of rotatable bonds is 16. The molecule has 0 saturated heterocycles. The van der Waals surface area contributed by atoms with E-state index in [0.717, 1.165) is 93.1 Å². The van der Waals surface area contributed by atoms with Crippen molar-refractivity contribution >= 4 is 50.8 Å². The summed E-state index contributed by atoms with van der Waals surface area (Å²) in [5.41, 5.74) is 20.7. The van der Waals surface area contributed by atoms with Crippen molar-refractivity contribution in [1.29, 1.82) is 0 Å². The van der Waals surface area contributed by atoms with Crippen molar-refractivity contribution in [2.45, 2.75) is 45.6 Å². The second kappa shape index (κ2) is 23.2. The molecule has 3 nitrogen and oxygen atoms in total. The third kappa shape index (κ3) is 11.3. The van der Waals surface area contributed by atoms with Crippen LogP contribution in [0.25, 0.3) is 39.0 Å². The zero-order valence-electron chi connectivity index (χ0n) is 44.1. The highest BCUT2D eigenvalue weighted by Gasteiger charge is 2.31. The van der Waals surface area contributed by atoms with Crippen LogP contribution in [0.2, 0.25) is 0 Å². The van der Waals surface area contributed by atoms with Crippen LogP contribution >= 0.6 is 0 Å². The maximum absolute atomic E-state index is 4.81. The first-order chi connectivity index (χ1) is 37.9. The first-order valence-corrected chi connectivity index (χ1v) is 27.1. The number of nitrogens with one attached hydrogen (secondary N) is 1. The lowest BCUT2D eigenvalue weighted by atomic mass is 9.72. The van der Waals surface area contributed by atoms with E-state index in [-0.39, 0.29) is 11.5 Å². The predicted molar refractivity (Wildman–Crippen MR) is 331 cm³/mol. The van der Waals surface area contributed by atoms with Gasteiger partial charge in [-0.1, -0.05) is 225 Å². The molecule has 2 unspecified atom stereocenters. The van der Waals surface area contributed by atoms with Crippen LogP contribution < -0.4 is 15.1 Å². The van der Waals surface area contributed by atoms with Crippen molar-refractivity contribution in [3.05, 3.63) is 320 Å². The van der Waals surface area contributed by atoms with Crippen LogP contribution in [0.1, 0.15) is 56.2 Å². The van der Waals surface area contributed by atoms with Gasteiger partial charge in [0, 0.05) is 56.4 Å². The van der Waals surface area contributed by atoms with Gasteiger partial charge in [0.15, 0.2) is 0 Å². The second-order valence-electron chi connectivity index (χ2n) is 20.3. The van der Waals surface area contributed by atoms with Gasteiger partial charge in [0.25, 0.3) is 0 Å². The third-order valence-electron chi connectivity index (χ3n) is 15.2. The van der Waals surface area contributed by atoms with Crippen molar-refractivity contribution in [3.8, 4) is 22.3 Å². The van der Waals surface area contributed by atoms with E-state index in [2.05, 4.69) is 314 Å². The molecule has 0 spiro atoms. The molecule has 3 aliphatic rings. The van der Waals surface area contributed by atoms with E-state index in [4.69, 9.17) is 6.58 Å². The minimum Gasteiger partial charge on any atom is -0.355 e. The van der Waals surface area contributed by atoms with Crippen molar-refractivity contribution in [1.82, 2.24) is 0 Å². The zero-order chi connectivity index (χ0) is 52.4. The van der Waals surface area contributed by atoms with Crippen molar-refractivity contribution in [2.75, 3.05) is 15.1 Å². The van der Waals surface area contributed by atoms with E-state index in [1.54, 1.807) is 0 Å². The molecule has 0 heterocycles. The topological polar surface area (TPSA) is 18.5 Å². The first kappa shape index (κ1) is 50.0. The van der Waals surface area contributed by atoms with Crippen LogP contribution in [0.15, 0.2) is 303 Å². The molecule has 3 heteroatoms. The summed E-state index contributed by atoms with van der Waals surface area (Å²) in [6, 6.07) is 76.0. The molecule has 3 aliphatic carbocycles. The van der Waals surface area contributed by atoms with E-state index in [1.807, 2.05) is 0 Å². The lowest BCUT2D eigenvalue weighted by molar-refractivity contribution is 0.491. The van der Waals surface area contributed by atoms with Gasteiger partial charge in [0.2, 0.25) is 0 Å². The maximum atomic E-state index is 4.81. The van der Waals surface area contributed by atoms with Crippen LogP contribution in [-0.4, -0.2) is 6.04 Å². The molecule has 2 atom stereocenters. The molecule has 77 heavy (non-hydrogen) atoms. The van der Waals surface area contributed by atoms with Gasteiger partial charge in [-0.2, -0.15) is 0 Å². The lowest BCUT2D eigenvalue weighted by Gasteiger charge is -2.38. The Morgan fingerprint density at radius 2 is 1.21 bits per heavy atom. The number of nitrogens with zero attached hydrogens (tertiary/aromatic N) is 2. The number of para-hydroxylation sites is 4. The molecule has 8 aromatic carbocycles. The summed E-state index contributed by atoms with van der Waals surface area (Å²) >= 11 is 0. The molecule has 0 radical (unpaired) electrons. The molecule has 376 valence electrons. The third-order valence-corrected chi connectivity index (χ3v) is 15.2. The van der Waals surface area contributed by atoms with Crippen LogP contribution in [0.5, 0.6) is 0 Å². The molecule has 0 aliphatic heterocycles. The van der Waals surface area contributed by atoms with E-state index >= 15 is 0 Å². The fraction of sp³-hybridized carbons (Fsp3) is 0.108. The Kier molecular flexibility index (Phi) is 15.0.